The molecule has 0 spiro atoms. The van der Waals surface area contributed by atoms with Gasteiger partial charge in [0.2, 0.25) is 5.88 Å². The maximum absolute atomic E-state index is 12.3. The lowest BCUT2D eigenvalue weighted by atomic mass is 10.1. The summed E-state index contributed by atoms with van der Waals surface area (Å²) in [6.45, 7) is 1.73. The number of nitrogens with zero attached hydrogens (tertiary/aromatic N) is 3. The molecule has 1 amide bonds. The van der Waals surface area contributed by atoms with E-state index in [0.717, 1.165) is 42.8 Å². The molecular formula is C16H17N3O2. The minimum Gasteiger partial charge on any atom is -0.480 e. The Bertz CT molecular complexity index is 617. The average molecular weight is 283 g/mol. The number of carbonyl (C=O) groups excluding carboxylic acids is 1. The smallest absolute Gasteiger partial charge is 0.253 e. The van der Waals surface area contributed by atoms with Crippen molar-refractivity contribution in [1.29, 1.82) is 0 Å². The first kappa shape index (κ1) is 13.5. The van der Waals surface area contributed by atoms with E-state index in [0.29, 0.717) is 5.88 Å². The first-order valence-corrected chi connectivity index (χ1v) is 7.05. The Morgan fingerprint density at radius 3 is 2.33 bits per heavy atom. The van der Waals surface area contributed by atoms with Crippen LogP contribution in [0.1, 0.15) is 23.2 Å². The summed E-state index contributed by atoms with van der Waals surface area (Å²) < 4.78 is 4.99. The number of amides is 1. The third kappa shape index (κ3) is 2.86. The number of rotatable bonds is 3. The molecule has 2 aromatic rings. The lowest BCUT2D eigenvalue weighted by Crippen LogP contribution is -2.27. The summed E-state index contributed by atoms with van der Waals surface area (Å²) in [6, 6.07) is 11.1. The lowest BCUT2D eigenvalue weighted by molar-refractivity contribution is 0.0793. The van der Waals surface area contributed by atoms with Crippen LogP contribution in [0, 0.1) is 0 Å². The van der Waals surface area contributed by atoms with Crippen molar-refractivity contribution in [3.63, 3.8) is 0 Å². The molecule has 0 aliphatic carbocycles. The molecule has 0 N–H and O–H groups in total. The number of carbonyl (C=O) groups is 1. The molecule has 0 bridgehead atoms. The van der Waals surface area contributed by atoms with Crippen molar-refractivity contribution in [3.05, 3.63) is 42.0 Å². The number of methoxy groups -OCH3 is 1. The molecule has 0 unspecified atom stereocenters. The molecule has 1 aromatic heterocycles. The number of likely N-dealkylation sites (tertiary alicyclic amines) is 1. The summed E-state index contributed by atoms with van der Waals surface area (Å²) in [6.07, 6.45) is 2.20. The van der Waals surface area contributed by atoms with Crippen LogP contribution in [0.2, 0.25) is 0 Å². The normalized spacial score (nSPS) is 14.2. The van der Waals surface area contributed by atoms with Crippen molar-refractivity contribution >= 4 is 5.91 Å². The number of benzene rings is 1. The van der Waals surface area contributed by atoms with Crippen LogP contribution in [0.25, 0.3) is 11.3 Å². The SMILES string of the molecule is COc1ccc(-c2ccc(C(=O)N3CCCC3)cc2)nn1. The molecule has 5 heteroatoms. The number of hydrogen-bond acceptors (Lipinski definition) is 4. The van der Waals surface area contributed by atoms with Crippen LogP contribution in [-0.4, -0.2) is 41.2 Å². The third-order valence-electron chi connectivity index (χ3n) is 3.67. The van der Waals surface area contributed by atoms with Gasteiger partial charge in [0.1, 0.15) is 0 Å². The van der Waals surface area contributed by atoms with Gasteiger partial charge in [0.25, 0.3) is 5.91 Å². The maximum atomic E-state index is 12.3. The van der Waals surface area contributed by atoms with Gasteiger partial charge in [-0.1, -0.05) is 12.1 Å². The van der Waals surface area contributed by atoms with E-state index in [1.165, 1.54) is 0 Å². The van der Waals surface area contributed by atoms with E-state index in [4.69, 9.17) is 4.74 Å². The van der Waals surface area contributed by atoms with Gasteiger partial charge in [0.05, 0.1) is 12.8 Å². The van der Waals surface area contributed by atoms with Crippen molar-refractivity contribution in [2.75, 3.05) is 20.2 Å². The van der Waals surface area contributed by atoms with E-state index in [1.54, 1.807) is 13.2 Å². The second-order valence-corrected chi connectivity index (χ2v) is 5.04. The fourth-order valence-corrected chi connectivity index (χ4v) is 2.47. The molecular weight excluding hydrogens is 266 g/mol. The zero-order valence-electron chi connectivity index (χ0n) is 12.0. The molecule has 21 heavy (non-hydrogen) atoms. The van der Waals surface area contributed by atoms with Crippen molar-refractivity contribution < 1.29 is 9.53 Å². The molecule has 0 atom stereocenters. The number of hydrogen-bond donors (Lipinski definition) is 0. The molecule has 108 valence electrons. The summed E-state index contributed by atoms with van der Waals surface area (Å²) >= 11 is 0. The first-order chi connectivity index (χ1) is 10.3. The fourth-order valence-electron chi connectivity index (χ4n) is 2.47. The third-order valence-corrected chi connectivity index (χ3v) is 3.67. The highest BCUT2D eigenvalue weighted by molar-refractivity contribution is 5.94. The van der Waals surface area contributed by atoms with Crippen LogP contribution in [0.4, 0.5) is 0 Å². The van der Waals surface area contributed by atoms with Crippen LogP contribution < -0.4 is 4.74 Å². The maximum Gasteiger partial charge on any atom is 0.253 e. The first-order valence-electron chi connectivity index (χ1n) is 7.05. The van der Waals surface area contributed by atoms with E-state index < -0.39 is 0 Å². The highest BCUT2D eigenvalue weighted by atomic mass is 16.5. The second-order valence-electron chi connectivity index (χ2n) is 5.04. The quantitative estimate of drug-likeness (QED) is 0.868. The zero-order valence-corrected chi connectivity index (χ0v) is 12.0. The second kappa shape index (κ2) is 5.91. The van der Waals surface area contributed by atoms with Crippen LogP contribution in [0.3, 0.4) is 0 Å². The molecule has 5 nitrogen and oxygen atoms in total. The van der Waals surface area contributed by atoms with E-state index in [9.17, 15) is 4.79 Å². The van der Waals surface area contributed by atoms with Crippen molar-refractivity contribution in [3.8, 4) is 17.1 Å². The predicted molar refractivity (Wildman–Crippen MR) is 79.2 cm³/mol. The largest absolute Gasteiger partial charge is 0.480 e. The fraction of sp³-hybridized carbons (Fsp3) is 0.312. The summed E-state index contributed by atoms with van der Waals surface area (Å²) in [5, 5.41) is 8.05. The lowest BCUT2D eigenvalue weighted by Gasteiger charge is -2.15. The Kier molecular flexibility index (Phi) is 3.81. The molecule has 1 aromatic carbocycles. The molecule has 0 saturated carbocycles. The Hall–Kier alpha value is -2.43. The van der Waals surface area contributed by atoms with E-state index in [1.807, 2.05) is 35.2 Å². The van der Waals surface area contributed by atoms with Crippen LogP contribution in [-0.2, 0) is 0 Å². The van der Waals surface area contributed by atoms with Gasteiger partial charge < -0.3 is 9.64 Å². The Morgan fingerprint density at radius 2 is 1.76 bits per heavy atom. The van der Waals surface area contributed by atoms with Gasteiger partial charge in [-0.15, -0.1) is 10.2 Å². The Morgan fingerprint density at radius 1 is 1.05 bits per heavy atom. The van der Waals surface area contributed by atoms with Crippen LogP contribution >= 0.6 is 0 Å². The van der Waals surface area contributed by atoms with Gasteiger partial charge in [-0.2, -0.15) is 0 Å². The summed E-state index contributed by atoms with van der Waals surface area (Å²) in [5.41, 5.74) is 2.42. The van der Waals surface area contributed by atoms with Crippen LogP contribution in [0.15, 0.2) is 36.4 Å². The van der Waals surface area contributed by atoms with E-state index >= 15 is 0 Å². The Balaban J connectivity index is 1.78. The van der Waals surface area contributed by atoms with Crippen molar-refractivity contribution in [2.45, 2.75) is 12.8 Å². The molecule has 0 radical (unpaired) electrons. The molecule has 2 heterocycles. The summed E-state index contributed by atoms with van der Waals surface area (Å²) in [5.74, 6) is 0.597. The van der Waals surface area contributed by atoms with E-state index in [2.05, 4.69) is 10.2 Å². The monoisotopic (exact) mass is 283 g/mol. The minimum atomic E-state index is 0.111. The minimum absolute atomic E-state index is 0.111. The van der Waals surface area contributed by atoms with Gasteiger partial charge >= 0.3 is 0 Å². The topological polar surface area (TPSA) is 55.3 Å². The molecule has 1 saturated heterocycles. The summed E-state index contributed by atoms with van der Waals surface area (Å²) in [4.78, 5) is 14.2. The van der Waals surface area contributed by atoms with Gasteiger partial charge in [-0.3, -0.25) is 4.79 Å². The predicted octanol–water partition coefficient (Wildman–Crippen LogP) is 2.39. The van der Waals surface area contributed by atoms with Gasteiger partial charge in [0, 0.05) is 30.3 Å². The highest BCUT2D eigenvalue weighted by Crippen LogP contribution is 2.20. The molecule has 1 aliphatic heterocycles. The summed E-state index contributed by atoms with van der Waals surface area (Å²) in [7, 11) is 1.56. The van der Waals surface area contributed by atoms with E-state index in [-0.39, 0.29) is 5.91 Å². The number of ether oxygens (including phenoxy) is 1. The van der Waals surface area contributed by atoms with Gasteiger partial charge in [0.15, 0.2) is 0 Å². The molecule has 1 fully saturated rings. The average Bonchev–Trinajstić information content (AvgIpc) is 3.09. The van der Waals surface area contributed by atoms with Gasteiger partial charge in [-0.05, 0) is 31.0 Å². The van der Waals surface area contributed by atoms with Crippen LogP contribution in [0.5, 0.6) is 5.88 Å². The van der Waals surface area contributed by atoms with Crippen molar-refractivity contribution in [1.82, 2.24) is 15.1 Å². The van der Waals surface area contributed by atoms with Gasteiger partial charge in [-0.25, -0.2) is 0 Å². The van der Waals surface area contributed by atoms with Crippen molar-refractivity contribution in [2.24, 2.45) is 0 Å². The molecule has 3 rings (SSSR count). The number of aromatic nitrogens is 2. The highest BCUT2D eigenvalue weighted by Gasteiger charge is 2.19. The molecule has 1 aliphatic rings. The Labute approximate surface area is 123 Å². The zero-order chi connectivity index (χ0) is 14.7. The standard InChI is InChI=1S/C16H17N3O2/c1-21-15-9-8-14(17-18-15)12-4-6-13(7-5-12)16(20)19-10-2-3-11-19/h4-9H,2-3,10-11H2,1H3.